The quantitative estimate of drug-likeness (QED) is 0.412. The van der Waals surface area contributed by atoms with Gasteiger partial charge < -0.3 is 5.32 Å². The molecule has 158 valence electrons. The maximum atomic E-state index is 13.4. The van der Waals surface area contributed by atoms with E-state index in [1.807, 2.05) is 19.2 Å². The van der Waals surface area contributed by atoms with Crippen LogP contribution in [-0.4, -0.2) is 46.6 Å². The van der Waals surface area contributed by atoms with Gasteiger partial charge in [-0.05, 0) is 50.3 Å². The Bertz CT molecular complexity index is 944. The molecule has 1 aliphatic rings. The lowest BCUT2D eigenvalue weighted by molar-refractivity contribution is 0.372. The Kier molecular flexibility index (Phi) is 7.48. The first-order valence-corrected chi connectivity index (χ1v) is 12.2. The van der Waals surface area contributed by atoms with Crippen LogP contribution in [0.2, 0.25) is 0 Å². The summed E-state index contributed by atoms with van der Waals surface area (Å²) in [5.74, 6) is 0.790. The summed E-state index contributed by atoms with van der Waals surface area (Å²) in [6.45, 7) is 4.97. The summed E-state index contributed by atoms with van der Waals surface area (Å²) in [6, 6.07) is 5.35. The van der Waals surface area contributed by atoms with E-state index in [-0.39, 0.29) is 6.04 Å². The molecule has 1 atom stereocenters. The van der Waals surface area contributed by atoms with Crippen molar-refractivity contribution in [3.05, 3.63) is 47.5 Å². The molecule has 2 aromatic rings. The largest absolute Gasteiger partial charge is 0.384 e. The Hall–Kier alpha value is -1.71. The van der Waals surface area contributed by atoms with Gasteiger partial charge in [-0.1, -0.05) is 22.0 Å². The van der Waals surface area contributed by atoms with Crippen molar-refractivity contribution in [1.29, 1.82) is 0 Å². The van der Waals surface area contributed by atoms with Crippen LogP contribution in [0.25, 0.3) is 0 Å². The van der Waals surface area contributed by atoms with Crippen LogP contribution in [0.1, 0.15) is 37.9 Å². The van der Waals surface area contributed by atoms with Crippen molar-refractivity contribution in [3.63, 3.8) is 0 Å². The molecule has 1 fully saturated rings. The highest BCUT2D eigenvalue weighted by Crippen LogP contribution is 2.33. The molecule has 0 amide bonds. The number of anilines is 1. The van der Waals surface area contributed by atoms with Gasteiger partial charge in [-0.2, -0.15) is 9.40 Å². The molecule has 1 saturated heterocycles. The van der Waals surface area contributed by atoms with Crippen LogP contribution >= 0.6 is 15.9 Å². The van der Waals surface area contributed by atoms with Crippen LogP contribution in [0, 0.1) is 0 Å². The molecule has 0 spiro atoms. The van der Waals surface area contributed by atoms with Gasteiger partial charge in [-0.3, -0.25) is 4.68 Å². The highest BCUT2D eigenvalue weighted by atomic mass is 79.9. The molecule has 1 unspecified atom stereocenters. The number of halogens is 1. The lowest BCUT2D eigenvalue weighted by Crippen LogP contribution is -2.35. The van der Waals surface area contributed by atoms with Crippen LogP contribution in [-0.2, 0) is 23.5 Å². The summed E-state index contributed by atoms with van der Waals surface area (Å²) < 4.78 is 31.0. The third-order valence-electron chi connectivity index (χ3n) is 5.10. The fraction of sp³-hybridized carbons (Fsp3) is 0.500. The highest BCUT2D eigenvalue weighted by Gasteiger charge is 2.36. The Morgan fingerprint density at radius 2 is 2.24 bits per heavy atom. The predicted molar refractivity (Wildman–Crippen MR) is 118 cm³/mol. The van der Waals surface area contributed by atoms with E-state index in [9.17, 15) is 8.42 Å². The number of aryl methyl sites for hydroxylation is 2. The van der Waals surface area contributed by atoms with Gasteiger partial charge in [0.05, 0.1) is 5.69 Å². The average molecular weight is 482 g/mol. The van der Waals surface area contributed by atoms with E-state index in [2.05, 4.69) is 37.9 Å². The standard InChI is InChI=1S/C20H28BrN5O2S/c1-3-4-7-17-8-6-13-26(17)29(27,28)19-11-10-16(21)14-18(19)22-12-5-9-20-23-15-25(2)24-20/h3,10-11,14-15,17,22H,1,4-9,12-13H2,2H3. The van der Waals surface area contributed by atoms with Crippen molar-refractivity contribution in [2.75, 3.05) is 18.4 Å². The van der Waals surface area contributed by atoms with E-state index >= 15 is 0 Å². The van der Waals surface area contributed by atoms with Crippen LogP contribution in [0.3, 0.4) is 0 Å². The molecular weight excluding hydrogens is 454 g/mol. The van der Waals surface area contributed by atoms with Gasteiger partial charge in [0.1, 0.15) is 11.2 Å². The summed E-state index contributed by atoms with van der Waals surface area (Å²) >= 11 is 3.46. The van der Waals surface area contributed by atoms with Gasteiger partial charge in [0.15, 0.2) is 5.82 Å². The van der Waals surface area contributed by atoms with E-state index < -0.39 is 10.0 Å². The monoisotopic (exact) mass is 481 g/mol. The van der Waals surface area contributed by atoms with Gasteiger partial charge >= 0.3 is 0 Å². The summed E-state index contributed by atoms with van der Waals surface area (Å²) in [5.41, 5.74) is 0.628. The summed E-state index contributed by atoms with van der Waals surface area (Å²) in [4.78, 5) is 4.56. The topological polar surface area (TPSA) is 80.1 Å². The summed E-state index contributed by atoms with van der Waals surface area (Å²) in [6.07, 6.45) is 8.53. The number of hydrogen-bond donors (Lipinski definition) is 1. The fourth-order valence-corrected chi connectivity index (χ4v) is 5.92. The van der Waals surface area contributed by atoms with Gasteiger partial charge in [0, 0.05) is 37.1 Å². The molecule has 1 aromatic heterocycles. The molecule has 7 nitrogen and oxygen atoms in total. The number of nitrogens with zero attached hydrogens (tertiary/aromatic N) is 4. The zero-order chi connectivity index (χ0) is 20.9. The van der Waals surface area contributed by atoms with E-state index in [4.69, 9.17) is 0 Å². The molecule has 2 heterocycles. The second-order valence-electron chi connectivity index (χ2n) is 7.28. The Morgan fingerprint density at radius 3 is 2.97 bits per heavy atom. The van der Waals surface area contributed by atoms with E-state index in [0.29, 0.717) is 23.7 Å². The Balaban J connectivity index is 1.72. The Labute approximate surface area is 181 Å². The fourth-order valence-electron chi connectivity index (χ4n) is 3.68. The first-order chi connectivity index (χ1) is 13.9. The molecule has 0 saturated carbocycles. The SMILES string of the molecule is C=CCCC1CCCN1S(=O)(=O)c1ccc(Br)cc1NCCCc1ncn(C)n1. The minimum absolute atomic E-state index is 0.0460. The number of hydrogen-bond acceptors (Lipinski definition) is 5. The second-order valence-corrected chi connectivity index (χ2v) is 10.1. The van der Waals surface area contributed by atoms with Crippen molar-refractivity contribution >= 4 is 31.6 Å². The highest BCUT2D eigenvalue weighted by molar-refractivity contribution is 9.10. The molecule has 1 N–H and O–H groups in total. The molecule has 0 bridgehead atoms. The van der Waals surface area contributed by atoms with Crippen molar-refractivity contribution in [1.82, 2.24) is 19.1 Å². The van der Waals surface area contributed by atoms with E-state index in [1.54, 1.807) is 27.4 Å². The molecule has 1 aromatic carbocycles. The van der Waals surface area contributed by atoms with Gasteiger partial charge in [-0.15, -0.1) is 6.58 Å². The van der Waals surface area contributed by atoms with Crippen LogP contribution < -0.4 is 5.32 Å². The molecule has 29 heavy (non-hydrogen) atoms. The molecule has 0 aliphatic carbocycles. The van der Waals surface area contributed by atoms with Crippen LogP contribution in [0.5, 0.6) is 0 Å². The van der Waals surface area contributed by atoms with Crippen molar-refractivity contribution in [3.8, 4) is 0 Å². The van der Waals surface area contributed by atoms with Crippen LogP contribution in [0.4, 0.5) is 5.69 Å². The molecular formula is C20H28BrN5O2S. The number of allylic oxidation sites excluding steroid dienone is 1. The lowest BCUT2D eigenvalue weighted by Gasteiger charge is -2.25. The number of benzene rings is 1. The molecule has 1 aliphatic heterocycles. The maximum absolute atomic E-state index is 13.4. The van der Waals surface area contributed by atoms with Gasteiger partial charge in [0.2, 0.25) is 10.0 Å². The minimum atomic E-state index is -3.56. The minimum Gasteiger partial charge on any atom is -0.384 e. The zero-order valence-electron chi connectivity index (χ0n) is 16.7. The summed E-state index contributed by atoms with van der Waals surface area (Å²) in [7, 11) is -1.72. The number of nitrogens with one attached hydrogen (secondary N) is 1. The van der Waals surface area contributed by atoms with Gasteiger partial charge in [0.25, 0.3) is 0 Å². The summed E-state index contributed by atoms with van der Waals surface area (Å²) in [5, 5.41) is 7.58. The average Bonchev–Trinajstić information content (AvgIpc) is 3.32. The third-order valence-corrected chi connectivity index (χ3v) is 7.60. The third kappa shape index (κ3) is 5.46. The molecule has 0 radical (unpaired) electrons. The van der Waals surface area contributed by atoms with Crippen molar-refractivity contribution in [2.45, 2.75) is 49.5 Å². The molecule has 3 rings (SSSR count). The number of rotatable bonds is 10. The predicted octanol–water partition coefficient (Wildman–Crippen LogP) is 3.74. The van der Waals surface area contributed by atoms with Crippen LogP contribution in [0.15, 0.2) is 46.5 Å². The number of aromatic nitrogens is 3. The first-order valence-electron chi connectivity index (χ1n) is 9.92. The zero-order valence-corrected chi connectivity index (χ0v) is 19.1. The van der Waals surface area contributed by atoms with E-state index in [1.165, 1.54) is 0 Å². The second kappa shape index (κ2) is 9.86. The van der Waals surface area contributed by atoms with Gasteiger partial charge in [-0.25, -0.2) is 13.4 Å². The Morgan fingerprint density at radius 1 is 1.41 bits per heavy atom. The van der Waals surface area contributed by atoms with Crippen molar-refractivity contribution in [2.24, 2.45) is 7.05 Å². The molecule has 9 heteroatoms. The van der Waals surface area contributed by atoms with E-state index in [0.717, 1.165) is 48.8 Å². The number of sulfonamides is 1. The smallest absolute Gasteiger partial charge is 0.245 e. The maximum Gasteiger partial charge on any atom is 0.245 e. The lowest BCUT2D eigenvalue weighted by atomic mass is 10.1. The normalized spacial score (nSPS) is 17.5. The first kappa shape index (κ1) is 22.0. The van der Waals surface area contributed by atoms with Crippen molar-refractivity contribution < 1.29 is 8.42 Å².